The van der Waals surface area contributed by atoms with Crippen molar-refractivity contribution in [1.82, 2.24) is 9.13 Å². The van der Waals surface area contributed by atoms with Crippen LogP contribution in [0.25, 0.3) is 129 Å². The Hall–Kier alpha value is -7.76. The van der Waals surface area contributed by atoms with Crippen molar-refractivity contribution in [2.75, 3.05) is 0 Å². The average molecular weight is 849 g/mol. The molecule has 2 nitrogen and oxygen atoms in total. The predicted octanol–water partition coefficient (Wildman–Crippen LogP) is 17.6. The normalized spacial score (nSPS) is 12.1. The van der Waals surface area contributed by atoms with E-state index in [1.165, 1.54) is 117 Å². The van der Waals surface area contributed by atoms with Crippen molar-refractivity contribution in [1.29, 1.82) is 0 Å². The molecule has 0 radical (unpaired) electrons. The quantitative estimate of drug-likeness (QED) is 0.163. The molecule has 0 amide bonds. The van der Waals surface area contributed by atoms with Crippen LogP contribution in [0.5, 0.6) is 0 Å². The highest BCUT2D eigenvalue weighted by Gasteiger charge is 2.19. The smallest absolute Gasteiger partial charge is 0.0541 e. The summed E-state index contributed by atoms with van der Waals surface area (Å²) in [5, 5.41) is 10.3. The number of aromatic nitrogens is 2. The van der Waals surface area contributed by atoms with Crippen LogP contribution in [0.2, 0.25) is 0 Å². The first-order chi connectivity index (χ1) is 31.7. The Morgan fingerprint density at radius 3 is 1.02 bits per heavy atom. The highest BCUT2D eigenvalue weighted by atomic mass is 32.1. The van der Waals surface area contributed by atoms with Crippen molar-refractivity contribution in [2.24, 2.45) is 0 Å². The van der Waals surface area contributed by atoms with Gasteiger partial charge in [0.2, 0.25) is 0 Å². The summed E-state index contributed by atoms with van der Waals surface area (Å²) in [5.74, 6) is 0. The molecule has 4 heterocycles. The lowest BCUT2D eigenvalue weighted by molar-refractivity contribution is 1.18. The van der Waals surface area contributed by atoms with Crippen molar-refractivity contribution in [2.45, 2.75) is 0 Å². The summed E-state index contributed by atoms with van der Waals surface area (Å²) < 4.78 is 10.2. The van der Waals surface area contributed by atoms with Gasteiger partial charge in [0.15, 0.2) is 0 Å². The van der Waals surface area contributed by atoms with Crippen LogP contribution in [0, 0.1) is 0 Å². The van der Waals surface area contributed by atoms with Gasteiger partial charge in [0.1, 0.15) is 0 Å². The molecule has 0 N–H and O–H groups in total. The van der Waals surface area contributed by atoms with Crippen molar-refractivity contribution in [3.8, 4) is 44.8 Å². The predicted molar refractivity (Wildman–Crippen MR) is 277 cm³/mol. The van der Waals surface area contributed by atoms with E-state index in [0.29, 0.717) is 0 Å². The average Bonchev–Trinajstić information content (AvgIpc) is 4.11. The molecule has 0 saturated heterocycles. The van der Waals surface area contributed by atoms with Crippen LogP contribution in [0.1, 0.15) is 0 Å². The molecule has 64 heavy (non-hydrogen) atoms. The Morgan fingerprint density at radius 2 is 0.594 bits per heavy atom. The Kier molecular flexibility index (Phi) is 7.76. The Labute approximate surface area is 376 Å². The van der Waals surface area contributed by atoms with E-state index >= 15 is 0 Å². The minimum absolute atomic E-state index is 1.16. The fourth-order valence-corrected chi connectivity index (χ4v) is 12.9. The summed E-state index contributed by atoms with van der Waals surface area (Å²) in [6.45, 7) is 0. The number of fused-ring (bicyclic) bond motifs is 12. The molecule has 0 aliphatic carbocycles. The molecule has 0 unspecified atom stereocenters. The molecule has 0 fully saturated rings. The van der Waals surface area contributed by atoms with Crippen molar-refractivity contribution in [3.63, 3.8) is 0 Å². The Bertz CT molecular complexity index is 3910. The van der Waals surface area contributed by atoms with E-state index in [1.807, 2.05) is 22.7 Å². The van der Waals surface area contributed by atoms with Crippen molar-refractivity contribution >= 4 is 107 Å². The highest BCUT2D eigenvalue weighted by molar-refractivity contribution is 7.26. The number of para-hydroxylation sites is 2. The first kappa shape index (κ1) is 35.8. The molecule has 0 aliphatic rings. The lowest BCUT2D eigenvalue weighted by Crippen LogP contribution is -1.93. The van der Waals surface area contributed by atoms with E-state index in [4.69, 9.17) is 0 Å². The number of nitrogens with zero attached hydrogens (tertiary/aromatic N) is 2. The second kappa shape index (κ2) is 13.9. The molecule has 0 bridgehead atoms. The Balaban J connectivity index is 0.980. The lowest BCUT2D eigenvalue weighted by Gasteiger charge is -2.09. The lowest BCUT2D eigenvalue weighted by atomic mass is 9.98. The second-order valence-corrected chi connectivity index (χ2v) is 18.9. The standard InChI is InChI=1S/C60H36N2S2/c1-3-13-41(14-4-1)61-53-29-25-37(33-49(53)51-35-39(27-31-55(51)61)43-19-11-21-47-45-17-7-9-23-57(45)63-59(43)47)38-26-30-54-50(34-38)52-36-40(28-32-56(52)62(54)42-15-5-2-6-16-42)44-20-12-22-48-46-18-8-10-24-58(46)64-60(44)48/h1-36H. The first-order valence-electron chi connectivity index (χ1n) is 21.8. The third kappa shape index (κ3) is 5.30. The SMILES string of the molecule is c1ccc(-n2c3ccc(-c4ccc5c(c4)c4cc(-c6cccc7c6sc6ccccc67)ccc4n5-c4ccccc4)cc3c3cc(-c4cccc5c4sc4ccccc45)ccc32)cc1. The third-order valence-electron chi connectivity index (χ3n) is 13.3. The van der Waals surface area contributed by atoms with Crippen LogP contribution >= 0.6 is 22.7 Å². The van der Waals surface area contributed by atoms with Gasteiger partial charge in [0, 0.05) is 73.3 Å². The summed E-state index contributed by atoms with van der Waals surface area (Å²) >= 11 is 3.78. The zero-order valence-corrected chi connectivity index (χ0v) is 36.1. The maximum Gasteiger partial charge on any atom is 0.0541 e. The van der Waals surface area contributed by atoms with E-state index in [-0.39, 0.29) is 0 Å². The van der Waals surface area contributed by atoms with Crippen molar-refractivity contribution in [3.05, 3.63) is 218 Å². The molecule has 4 aromatic heterocycles. The maximum atomic E-state index is 2.43. The molecule has 0 atom stereocenters. The van der Waals surface area contributed by atoms with Gasteiger partial charge in [0.05, 0.1) is 22.1 Å². The van der Waals surface area contributed by atoms with Gasteiger partial charge >= 0.3 is 0 Å². The molecule has 14 aromatic rings. The van der Waals surface area contributed by atoms with Gasteiger partial charge in [-0.2, -0.15) is 0 Å². The number of thiophene rings is 2. The van der Waals surface area contributed by atoms with Crippen molar-refractivity contribution < 1.29 is 0 Å². The van der Waals surface area contributed by atoms with E-state index in [1.54, 1.807) is 0 Å². The van der Waals surface area contributed by atoms with Crippen LogP contribution in [-0.4, -0.2) is 9.13 Å². The molecule has 0 saturated carbocycles. The second-order valence-electron chi connectivity index (χ2n) is 16.8. The fourth-order valence-electron chi connectivity index (χ4n) is 10.4. The molecule has 14 rings (SSSR count). The number of benzene rings is 10. The van der Waals surface area contributed by atoms with Gasteiger partial charge in [-0.1, -0.05) is 133 Å². The number of hydrogen-bond donors (Lipinski definition) is 0. The third-order valence-corrected chi connectivity index (χ3v) is 15.8. The van der Waals surface area contributed by atoms with E-state index in [9.17, 15) is 0 Å². The molecular formula is C60H36N2S2. The zero-order valence-electron chi connectivity index (χ0n) is 34.5. The molecule has 0 aliphatic heterocycles. The van der Waals surface area contributed by atoms with E-state index in [0.717, 1.165) is 11.4 Å². The van der Waals surface area contributed by atoms with E-state index < -0.39 is 0 Å². The van der Waals surface area contributed by atoms with Crippen LogP contribution < -0.4 is 0 Å². The van der Waals surface area contributed by atoms with Crippen LogP contribution in [0.4, 0.5) is 0 Å². The van der Waals surface area contributed by atoms with Gasteiger partial charge in [0.25, 0.3) is 0 Å². The van der Waals surface area contributed by atoms with Crippen LogP contribution in [0.15, 0.2) is 218 Å². The minimum atomic E-state index is 1.16. The summed E-state index contributed by atoms with van der Waals surface area (Å²) in [5.41, 5.74) is 14.5. The minimum Gasteiger partial charge on any atom is -0.309 e. The largest absolute Gasteiger partial charge is 0.309 e. The van der Waals surface area contributed by atoms with Gasteiger partial charge < -0.3 is 9.13 Å². The topological polar surface area (TPSA) is 9.86 Å². The van der Waals surface area contributed by atoms with E-state index in [2.05, 4.69) is 228 Å². The number of hydrogen-bond acceptors (Lipinski definition) is 2. The van der Waals surface area contributed by atoms with Gasteiger partial charge in [-0.05, 0) is 118 Å². The summed E-state index contributed by atoms with van der Waals surface area (Å²) in [7, 11) is 0. The van der Waals surface area contributed by atoms with Gasteiger partial charge in [-0.3, -0.25) is 0 Å². The molecular weight excluding hydrogens is 813 g/mol. The Morgan fingerprint density at radius 1 is 0.250 bits per heavy atom. The van der Waals surface area contributed by atoms with Gasteiger partial charge in [-0.15, -0.1) is 22.7 Å². The van der Waals surface area contributed by atoms with Crippen LogP contribution in [-0.2, 0) is 0 Å². The molecule has 298 valence electrons. The van der Waals surface area contributed by atoms with Crippen LogP contribution in [0.3, 0.4) is 0 Å². The summed E-state index contributed by atoms with van der Waals surface area (Å²) in [4.78, 5) is 0. The summed E-state index contributed by atoms with van der Waals surface area (Å²) in [6, 6.07) is 80.9. The fraction of sp³-hybridized carbons (Fsp3) is 0. The monoisotopic (exact) mass is 848 g/mol. The summed E-state index contributed by atoms with van der Waals surface area (Å²) in [6.07, 6.45) is 0. The molecule has 4 heteroatoms. The molecule has 0 spiro atoms. The molecule has 10 aromatic carbocycles. The zero-order chi connectivity index (χ0) is 41.9. The number of rotatable bonds is 5. The van der Waals surface area contributed by atoms with Gasteiger partial charge in [-0.25, -0.2) is 0 Å². The highest BCUT2D eigenvalue weighted by Crippen LogP contribution is 2.45. The first-order valence-corrected chi connectivity index (χ1v) is 23.5. The maximum absolute atomic E-state index is 2.43.